The fourth-order valence-corrected chi connectivity index (χ4v) is 2.71. The van der Waals surface area contributed by atoms with E-state index < -0.39 is 11.8 Å². The summed E-state index contributed by atoms with van der Waals surface area (Å²) in [6, 6.07) is 1.39. The molecule has 0 aromatic carbocycles. The second-order valence-corrected chi connectivity index (χ2v) is 5.28. The lowest BCUT2D eigenvalue weighted by Gasteiger charge is -1.96. The van der Waals surface area contributed by atoms with Gasteiger partial charge in [-0.3, -0.25) is 4.79 Å². The Balaban J connectivity index is 2.47. The number of thiophene rings is 1. The van der Waals surface area contributed by atoms with Crippen molar-refractivity contribution in [2.75, 3.05) is 0 Å². The molecular weight excluding hydrogens is 287 g/mol. The van der Waals surface area contributed by atoms with Gasteiger partial charge >= 0.3 is 5.97 Å². The number of hydrogen-bond donors (Lipinski definition) is 2. The van der Waals surface area contributed by atoms with Crippen molar-refractivity contribution >= 4 is 46.3 Å². The summed E-state index contributed by atoms with van der Waals surface area (Å²) in [4.78, 5) is 28.9. The van der Waals surface area contributed by atoms with Crippen LogP contribution in [0, 0.1) is 0 Å². The molecule has 0 unspecified atom stereocenters. The van der Waals surface area contributed by atoms with Gasteiger partial charge in [-0.1, -0.05) is 23.2 Å². The third kappa shape index (κ3) is 2.19. The number of carboxylic acid groups (broad SMARTS) is 1. The average Bonchev–Trinajstić information content (AvgIpc) is 2.83. The summed E-state index contributed by atoms with van der Waals surface area (Å²) in [5.74, 6) is -1.83. The normalized spacial score (nSPS) is 10.5. The minimum atomic E-state index is -1.26. The molecular formula is C9H4Cl2N2O3S. The predicted molar refractivity (Wildman–Crippen MR) is 63.3 cm³/mol. The van der Waals surface area contributed by atoms with Crippen LogP contribution in [0.5, 0.6) is 0 Å². The summed E-state index contributed by atoms with van der Waals surface area (Å²) in [5, 5.41) is 8.84. The summed E-state index contributed by atoms with van der Waals surface area (Å²) >= 11 is 12.6. The largest absolute Gasteiger partial charge is 0.477 e. The molecule has 2 heterocycles. The van der Waals surface area contributed by atoms with Crippen molar-refractivity contribution in [3.8, 4) is 0 Å². The van der Waals surface area contributed by atoms with Gasteiger partial charge in [0.25, 0.3) is 0 Å². The zero-order valence-electron chi connectivity index (χ0n) is 8.03. The second-order valence-electron chi connectivity index (χ2n) is 3.00. The molecule has 88 valence electrons. The first-order valence-corrected chi connectivity index (χ1v) is 5.84. The van der Waals surface area contributed by atoms with E-state index in [-0.39, 0.29) is 21.3 Å². The molecule has 0 amide bonds. The van der Waals surface area contributed by atoms with Crippen molar-refractivity contribution in [1.82, 2.24) is 9.97 Å². The minimum absolute atomic E-state index is 0.149. The summed E-state index contributed by atoms with van der Waals surface area (Å²) in [7, 11) is 0. The Morgan fingerprint density at radius 1 is 1.41 bits per heavy atom. The van der Waals surface area contributed by atoms with E-state index in [1.165, 1.54) is 6.07 Å². The Morgan fingerprint density at radius 3 is 2.65 bits per heavy atom. The van der Waals surface area contributed by atoms with E-state index in [1.807, 2.05) is 0 Å². The lowest BCUT2D eigenvalue weighted by molar-refractivity contribution is 0.0687. The lowest BCUT2D eigenvalue weighted by Crippen LogP contribution is -2.09. The van der Waals surface area contributed by atoms with E-state index in [4.69, 9.17) is 28.3 Å². The molecule has 2 N–H and O–H groups in total. The first kappa shape index (κ1) is 12.1. The summed E-state index contributed by atoms with van der Waals surface area (Å²) in [5.41, 5.74) is -0.307. The zero-order valence-corrected chi connectivity index (χ0v) is 10.4. The van der Waals surface area contributed by atoms with Crippen LogP contribution in [-0.2, 0) is 0 Å². The number of aromatic nitrogens is 2. The number of aromatic carboxylic acids is 1. The number of carbonyl (C=O) groups is 2. The summed E-state index contributed by atoms with van der Waals surface area (Å²) < 4.78 is 0.560. The molecule has 0 fully saturated rings. The molecule has 0 aliphatic rings. The van der Waals surface area contributed by atoms with Crippen molar-refractivity contribution in [2.45, 2.75) is 0 Å². The van der Waals surface area contributed by atoms with Gasteiger partial charge in [0, 0.05) is 0 Å². The standard InChI is InChI=1S/C9H4Cl2N2O3S/c10-4-1-3(8(11)17-4)7(14)5-6(9(15)16)13-2-12-5/h1-2H,(H,12,13)(H,15,16). The van der Waals surface area contributed by atoms with Gasteiger partial charge < -0.3 is 10.1 Å². The van der Waals surface area contributed by atoms with Crippen molar-refractivity contribution in [3.63, 3.8) is 0 Å². The Kier molecular flexibility index (Phi) is 3.19. The van der Waals surface area contributed by atoms with E-state index in [1.54, 1.807) is 0 Å². The van der Waals surface area contributed by atoms with Gasteiger partial charge in [-0.05, 0) is 6.07 Å². The molecule has 2 rings (SSSR count). The smallest absolute Gasteiger partial charge is 0.354 e. The molecule has 0 atom stereocenters. The van der Waals surface area contributed by atoms with Gasteiger partial charge in [-0.15, -0.1) is 11.3 Å². The highest BCUT2D eigenvalue weighted by molar-refractivity contribution is 7.20. The number of ketones is 1. The quantitative estimate of drug-likeness (QED) is 0.852. The predicted octanol–water partition coefficient (Wildman–Crippen LogP) is 2.71. The third-order valence-corrected chi connectivity index (χ3v) is 3.46. The maximum absolute atomic E-state index is 12.0. The maximum atomic E-state index is 12.0. The Morgan fingerprint density at radius 2 is 2.12 bits per heavy atom. The number of aromatic amines is 1. The van der Waals surface area contributed by atoms with Crippen molar-refractivity contribution < 1.29 is 14.7 Å². The fraction of sp³-hybridized carbons (Fsp3) is 0. The number of imidazole rings is 1. The number of nitrogens with one attached hydrogen (secondary N) is 1. The van der Waals surface area contributed by atoms with Crippen LogP contribution in [0.25, 0.3) is 0 Å². The lowest BCUT2D eigenvalue weighted by atomic mass is 10.1. The average molecular weight is 291 g/mol. The van der Waals surface area contributed by atoms with Crippen LogP contribution in [-0.4, -0.2) is 26.8 Å². The van der Waals surface area contributed by atoms with Gasteiger partial charge in [0.15, 0.2) is 5.69 Å². The van der Waals surface area contributed by atoms with Gasteiger partial charge in [-0.25, -0.2) is 9.78 Å². The number of halogens is 2. The first-order valence-electron chi connectivity index (χ1n) is 4.27. The molecule has 8 heteroatoms. The van der Waals surface area contributed by atoms with Crippen LogP contribution in [0.15, 0.2) is 12.4 Å². The highest BCUT2D eigenvalue weighted by Crippen LogP contribution is 2.32. The molecule has 0 saturated carbocycles. The maximum Gasteiger partial charge on any atom is 0.354 e. The van der Waals surface area contributed by atoms with Crippen LogP contribution < -0.4 is 0 Å². The number of carboxylic acids is 1. The molecule has 0 aliphatic carbocycles. The topological polar surface area (TPSA) is 83.0 Å². The van der Waals surface area contributed by atoms with Crippen LogP contribution in [0.4, 0.5) is 0 Å². The molecule has 0 saturated heterocycles. The van der Waals surface area contributed by atoms with Gasteiger partial charge in [-0.2, -0.15) is 0 Å². The van der Waals surface area contributed by atoms with Crippen LogP contribution in [0.1, 0.15) is 26.5 Å². The molecule has 0 aliphatic heterocycles. The molecule has 0 radical (unpaired) electrons. The van der Waals surface area contributed by atoms with Gasteiger partial charge in [0.2, 0.25) is 5.78 Å². The number of H-pyrrole nitrogens is 1. The highest BCUT2D eigenvalue weighted by Gasteiger charge is 2.24. The van der Waals surface area contributed by atoms with E-state index in [0.717, 1.165) is 17.7 Å². The van der Waals surface area contributed by atoms with Crippen molar-refractivity contribution in [3.05, 3.63) is 38.0 Å². The van der Waals surface area contributed by atoms with E-state index >= 15 is 0 Å². The molecule has 17 heavy (non-hydrogen) atoms. The van der Waals surface area contributed by atoms with E-state index in [9.17, 15) is 9.59 Å². The van der Waals surface area contributed by atoms with E-state index in [2.05, 4.69) is 9.97 Å². The third-order valence-electron chi connectivity index (χ3n) is 1.97. The van der Waals surface area contributed by atoms with Crippen molar-refractivity contribution in [2.24, 2.45) is 0 Å². The monoisotopic (exact) mass is 290 g/mol. The van der Waals surface area contributed by atoms with E-state index in [0.29, 0.717) is 4.34 Å². The molecule has 2 aromatic rings. The second kappa shape index (κ2) is 4.48. The van der Waals surface area contributed by atoms with Crippen LogP contribution in [0.2, 0.25) is 8.67 Å². The van der Waals surface area contributed by atoms with Gasteiger partial charge in [0.1, 0.15) is 10.0 Å². The fourth-order valence-electron chi connectivity index (χ4n) is 1.25. The first-order chi connectivity index (χ1) is 8.00. The molecule has 0 bridgehead atoms. The zero-order chi connectivity index (χ0) is 12.6. The number of nitrogens with zero attached hydrogens (tertiary/aromatic N) is 1. The molecule has 5 nitrogen and oxygen atoms in total. The highest BCUT2D eigenvalue weighted by atomic mass is 35.5. The van der Waals surface area contributed by atoms with Crippen LogP contribution >= 0.6 is 34.5 Å². The molecule has 0 spiro atoms. The summed E-state index contributed by atoms with van der Waals surface area (Å²) in [6.45, 7) is 0. The minimum Gasteiger partial charge on any atom is -0.477 e. The SMILES string of the molecule is O=C(c1cc(Cl)sc1Cl)c1nc[nH]c1C(=O)O. The van der Waals surface area contributed by atoms with Crippen molar-refractivity contribution in [1.29, 1.82) is 0 Å². The Hall–Kier alpha value is -1.37. The summed E-state index contributed by atoms with van der Waals surface area (Å²) in [6.07, 6.45) is 1.14. The van der Waals surface area contributed by atoms with Crippen LogP contribution in [0.3, 0.4) is 0 Å². The number of hydrogen-bond acceptors (Lipinski definition) is 4. The number of carbonyl (C=O) groups excluding carboxylic acids is 1. The number of rotatable bonds is 3. The molecule has 2 aromatic heterocycles. The van der Waals surface area contributed by atoms with Gasteiger partial charge in [0.05, 0.1) is 16.2 Å². The Bertz CT molecular complexity index is 605. The Labute approximate surface area is 109 Å².